The molecule has 0 saturated carbocycles. The van der Waals surface area contributed by atoms with Gasteiger partial charge in [-0.2, -0.15) is 0 Å². The third kappa shape index (κ3) is 3.55. The molecule has 0 aliphatic heterocycles. The van der Waals surface area contributed by atoms with Crippen LogP contribution in [0.5, 0.6) is 0 Å². The maximum Gasteiger partial charge on any atom is 0.335 e. The zero-order valence-corrected chi connectivity index (χ0v) is 15.5. The molecule has 0 bridgehead atoms. The molecule has 0 radical (unpaired) electrons. The molecule has 0 atom stereocenters. The van der Waals surface area contributed by atoms with Gasteiger partial charge in [0.25, 0.3) is 0 Å². The molecular formula is C23H16N2O4. The van der Waals surface area contributed by atoms with Crippen molar-refractivity contribution >= 4 is 23.0 Å². The first-order valence-electron chi connectivity index (χ1n) is 8.88. The Morgan fingerprint density at radius 2 is 1.10 bits per heavy atom. The monoisotopic (exact) mass is 384 g/mol. The molecule has 4 rings (SSSR count). The normalized spacial score (nSPS) is 10.8. The van der Waals surface area contributed by atoms with Crippen LogP contribution in [-0.4, -0.2) is 32.1 Å². The summed E-state index contributed by atoms with van der Waals surface area (Å²) in [5.41, 5.74) is 5.52. The highest BCUT2D eigenvalue weighted by Crippen LogP contribution is 2.31. The van der Waals surface area contributed by atoms with E-state index in [0.717, 1.165) is 27.7 Å². The van der Waals surface area contributed by atoms with E-state index in [1.165, 1.54) is 24.3 Å². The molecule has 0 spiro atoms. The van der Waals surface area contributed by atoms with Gasteiger partial charge in [0.05, 0.1) is 33.5 Å². The van der Waals surface area contributed by atoms with Gasteiger partial charge < -0.3 is 10.2 Å². The summed E-state index contributed by atoms with van der Waals surface area (Å²) in [6, 6.07) is 18.7. The molecule has 0 aliphatic rings. The quantitative estimate of drug-likeness (QED) is 0.530. The first-order valence-corrected chi connectivity index (χ1v) is 8.88. The van der Waals surface area contributed by atoms with E-state index in [1.807, 2.05) is 25.1 Å². The smallest absolute Gasteiger partial charge is 0.335 e. The lowest BCUT2D eigenvalue weighted by Crippen LogP contribution is -1.99. The summed E-state index contributed by atoms with van der Waals surface area (Å²) >= 11 is 0. The Balaban J connectivity index is 1.93. The van der Waals surface area contributed by atoms with E-state index in [1.54, 1.807) is 24.3 Å². The van der Waals surface area contributed by atoms with Crippen LogP contribution in [0.25, 0.3) is 33.5 Å². The Morgan fingerprint density at radius 1 is 0.655 bits per heavy atom. The van der Waals surface area contributed by atoms with Gasteiger partial charge in [0.1, 0.15) is 0 Å². The van der Waals surface area contributed by atoms with Crippen molar-refractivity contribution in [1.29, 1.82) is 0 Å². The zero-order chi connectivity index (χ0) is 20.5. The molecule has 2 N–H and O–H groups in total. The number of carboxylic acid groups (broad SMARTS) is 2. The van der Waals surface area contributed by atoms with Crippen LogP contribution in [0.2, 0.25) is 0 Å². The SMILES string of the molecule is Cc1ccc2nc(-c3ccc(C(=O)O)cc3)c(-c3ccc(C(=O)O)cc3)nc2c1. The Morgan fingerprint density at radius 3 is 1.55 bits per heavy atom. The number of fused-ring (bicyclic) bond motifs is 1. The maximum atomic E-state index is 11.2. The minimum atomic E-state index is -0.999. The van der Waals surface area contributed by atoms with Gasteiger partial charge in [0.2, 0.25) is 0 Å². The lowest BCUT2D eigenvalue weighted by molar-refractivity contribution is 0.0686. The largest absolute Gasteiger partial charge is 0.478 e. The van der Waals surface area contributed by atoms with Gasteiger partial charge in [0, 0.05) is 11.1 Å². The number of benzene rings is 3. The third-order valence-corrected chi connectivity index (χ3v) is 4.63. The van der Waals surface area contributed by atoms with E-state index in [2.05, 4.69) is 0 Å². The predicted octanol–water partition coefficient (Wildman–Crippen LogP) is 4.67. The number of hydrogen-bond acceptors (Lipinski definition) is 4. The van der Waals surface area contributed by atoms with Crippen molar-refractivity contribution in [3.63, 3.8) is 0 Å². The van der Waals surface area contributed by atoms with E-state index in [0.29, 0.717) is 11.4 Å². The minimum Gasteiger partial charge on any atom is -0.478 e. The van der Waals surface area contributed by atoms with Crippen LogP contribution in [0.3, 0.4) is 0 Å². The third-order valence-electron chi connectivity index (χ3n) is 4.63. The standard InChI is InChI=1S/C23H16N2O4/c1-13-2-11-18-19(12-13)25-21(15-5-9-17(10-6-15)23(28)29)20(24-18)14-3-7-16(8-4-14)22(26)27/h2-12H,1H3,(H,26,27)(H,28,29). The van der Waals surface area contributed by atoms with Crippen LogP contribution in [-0.2, 0) is 0 Å². The summed E-state index contributed by atoms with van der Waals surface area (Å²) in [5, 5.41) is 18.3. The second-order valence-electron chi connectivity index (χ2n) is 6.68. The van der Waals surface area contributed by atoms with Crippen LogP contribution < -0.4 is 0 Å². The van der Waals surface area contributed by atoms with E-state index < -0.39 is 11.9 Å². The highest BCUT2D eigenvalue weighted by molar-refractivity contribution is 5.91. The fourth-order valence-electron chi connectivity index (χ4n) is 3.11. The number of nitrogens with zero attached hydrogens (tertiary/aromatic N) is 2. The number of rotatable bonds is 4. The van der Waals surface area contributed by atoms with Crippen LogP contribution in [0.15, 0.2) is 66.7 Å². The van der Waals surface area contributed by atoms with Gasteiger partial charge in [-0.15, -0.1) is 0 Å². The lowest BCUT2D eigenvalue weighted by Gasteiger charge is -2.11. The molecule has 6 nitrogen and oxygen atoms in total. The molecule has 6 heteroatoms. The summed E-state index contributed by atoms with van der Waals surface area (Å²) in [5.74, 6) is -2.00. The number of carboxylic acids is 2. The van der Waals surface area contributed by atoms with Crippen LogP contribution in [0.1, 0.15) is 26.3 Å². The van der Waals surface area contributed by atoms with Crippen LogP contribution >= 0.6 is 0 Å². The molecule has 4 aromatic rings. The Kier molecular flexibility index (Phi) is 4.52. The molecule has 0 amide bonds. The van der Waals surface area contributed by atoms with Gasteiger partial charge in [-0.3, -0.25) is 0 Å². The maximum absolute atomic E-state index is 11.2. The predicted molar refractivity (Wildman–Crippen MR) is 109 cm³/mol. The van der Waals surface area contributed by atoms with Crippen molar-refractivity contribution in [3.8, 4) is 22.5 Å². The second-order valence-corrected chi connectivity index (χ2v) is 6.68. The molecule has 0 saturated heterocycles. The molecule has 1 heterocycles. The number of carbonyl (C=O) groups is 2. The summed E-state index contributed by atoms with van der Waals surface area (Å²) in [7, 11) is 0. The summed E-state index contributed by atoms with van der Waals surface area (Å²) in [6.45, 7) is 1.97. The molecular weight excluding hydrogens is 368 g/mol. The molecule has 0 fully saturated rings. The number of aromatic nitrogens is 2. The van der Waals surface area contributed by atoms with Crippen molar-refractivity contribution in [3.05, 3.63) is 83.4 Å². The van der Waals surface area contributed by atoms with E-state index in [9.17, 15) is 9.59 Å². The van der Waals surface area contributed by atoms with E-state index in [4.69, 9.17) is 20.2 Å². The van der Waals surface area contributed by atoms with Gasteiger partial charge in [-0.1, -0.05) is 30.3 Å². The van der Waals surface area contributed by atoms with E-state index >= 15 is 0 Å². The molecule has 1 aromatic heterocycles. The molecule has 3 aromatic carbocycles. The molecule has 29 heavy (non-hydrogen) atoms. The van der Waals surface area contributed by atoms with Gasteiger partial charge >= 0.3 is 11.9 Å². The van der Waals surface area contributed by atoms with Gasteiger partial charge in [0.15, 0.2) is 0 Å². The average molecular weight is 384 g/mol. The highest BCUT2D eigenvalue weighted by atomic mass is 16.4. The number of aryl methyl sites for hydroxylation is 1. The second kappa shape index (κ2) is 7.16. The average Bonchev–Trinajstić information content (AvgIpc) is 2.73. The van der Waals surface area contributed by atoms with Crippen molar-refractivity contribution in [2.75, 3.05) is 0 Å². The number of hydrogen-bond donors (Lipinski definition) is 2. The zero-order valence-electron chi connectivity index (χ0n) is 15.5. The highest BCUT2D eigenvalue weighted by Gasteiger charge is 2.15. The van der Waals surface area contributed by atoms with Crippen LogP contribution in [0.4, 0.5) is 0 Å². The summed E-state index contributed by atoms with van der Waals surface area (Å²) in [4.78, 5) is 31.9. The first-order chi connectivity index (χ1) is 13.9. The Hall–Kier alpha value is -4.06. The molecule has 142 valence electrons. The summed E-state index contributed by atoms with van der Waals surface area (Å²) < 4.78 is 0. The Bertz CT molecular complexity index is 1250. The fourth-order valence-corrected chi connectivity index (χ4v) is 3.11. The van der Waals surface area contributed by atoms with Crippen molar-refractivity contribution < 1.29 is 19.8 Å². The first kappa shape index (κ1) is 18.3. The lowest BCUT2D eigenvalue weighted by atomic mass is 10.0. The van der Waals surface area contributed by atoms with Gasteiger partial charge in [-0.25, -0.2) is 19.6 Å². The van der Waals surface area contributed by atoms with Crippen molar-refractivity contribution in [2.24, 2.45) is 0 Å². The summed E-state index contributed by atoms with van der Waals surface area (Å²) in [6.07, 6.45) is 0. The fraction of sp³-hybridized carbons (Fsp3) is 0.0435. The molecule has 0 aliphatic carbocycles. The van der Waals surface area contributed by atoms with Crippen molar-refractivity contribution in [1.82, 2.24) is 9.97 Å². The topological polar surface area (TPSA) is 100 Å². The van der Waals surface area contributed by atoms with Crippen molar-refractivity contribution in [2.45, 2.75) is 6.92 Å². The van der Waals surface area contributed by atoms with E-state index in [-0.39, 0.29) is 11.1 Å². The minimum absolute atomic E-state index is 0.186. The Labute approximate surface area is 166 Å². The van der Waals surface area contributed by atoms with Gasteiger partial charge in [-0.05, 0) is 48.9 Å². The van der Waals surface area contributed by atoms with Crippen LogP contribution in [0, 0.1) is 6.92 Å². The molecule has 0 unspecified atom stereocenters. The number of aromatic carboxylic acids is 2.